The van der Waals surface area contributed by atoms with Crippen molar-refractivity contribution in [1.29, 1.82) is 0 Å². The summed E-state index contributed by atoms with van der Waals surface area (Å²) in [6, 6.07) is 7.37. The molecule has 2 atom stereocenters. The molecule has 2 heterocycles. The molecule has 0 radical (unpaired) electrons. The molecule has 25 heavy (non-hydrogen) atoms. The van der Waals surface area contributed by atoms with Gasteiger partial charge in [-0.05, 0) is 44.4 Å². The summed E-state index contributed by atoms with van der Waals surface area (Å²) in [5.41, 5.74) is 7.57. The van der Waals surface area contributed by atoms with Gasteiger partial charge < -0.3 is 15.0 Å². The quantitative estimate of drug-likeness (QED) is 0.872. The van der Waals surface area contributed by atoms with Crippen molar-refractivity contribution in [2.75, 3.05) is 0 Å². The van der Waals surface area contributed by atoms with Crippen molar-refractivity contribution in [2.45, 2.75) is 51.3 Å². The topological polar surface area (TPSA) is 98.7 Å². The van der Waals surface area contributed by atoms with E-state index in [1.807, 2.05) is 38.1 Å². The third-order valence-corrected chi connectivity index (χ3v) is 6.72. The molecule has 0 aliphatic carbocycles. The largest absolute Gasteiger partial charge is 0.489 e. The van der Waals surface area contributed by atoms with Gasteiger partial charge in [0.15, 0.2) is 0 Å². The van der Waals surface area contributed by atoms with Gasteiger partial charge in [-0.15, -0.1) is 0 Å². The number of rotatable bonds is 5. The zero-order valence-corrected chi connectivity index (χ0v) is 15.2. The summed E-state index contributed by atoms with van der Waals surface area (Å²) in [4.78, 5) is 0. The van der Waals surface area contributed by atoms with E-state index in [-0.39, 0.29) is 6.04 Å². The number of nitrogens with two attached hydrogens (primary N) is 1. The number of ether oxygens (including phenoxy) is 1. The SMILES string of the molecule is Cc1oncc1COc1ccc(CN2[C@@H](C)CCC(N)S2(=O)=O)cc1. The summed E-state index contributed by atoms with van der Waals surface area (Å²) in [5.74, 6) is 1.44. The number of aromatic nitrogens is 1. The Morgan fingerprint density at radius 1 is 1.32 bits per heavy atom. The molecule has 0 bridgehead atoms. The van der Waals surface area contributed by atoms with E-state index < -0.39 is 15.4 Å². The van der Waals surface area contributed by atoms with E-state index in [2.05, 4.69) is 5.16 Å². The standard InChI is InChI=1S/C17H23N3O4S/c1-12-3-8-17(18)25(21,22)20(12)10-14-4-6-16(7-5-14)23-11-15-9-19-24-13(15)2/h4-7,9,12,17H,3,8,10-11,18H2,1-2H3/t12-,17?/m0/s1. The van der Waals surface area contributed by atoms with Crippen molar-refractivity contribution in [3.05, 3.63) is 47.3 Å². The molecule has 3 rings (SSSR count). The second kappa shape index (κ2) is 7.15. The molecule has 136 valence electrons. The summed E-state index contributed by atoms with van der Waals surface area (Å²) < 4.78 is 37.0. The van der Waals surface area contributed by atoms with E-state index in [1.165, 1.54) is 4.31 Å². The second-order valence-corrected chi connectivity index (χ2v) is 8.50. The molecule has 8 heteroatoms. The number of sulfonamides is 1. The van der Waals surface area contributed by atoms with Gasteiger partial charge in [-0.2, -0.15) is 4.31 Å². The number of benzene rings is 1. The van der Waals surface area contributed by atoms with Gasteiger partial charge >= 0.3 is 0 Å². The normalized spacial score (nSPS) is 23.5. The first-order valence-corrected chi connectivity index (χ1v) is 9.76. The van der Waals surface area contributed by atoms with E-state index >= 15 is 0 Å². The molecule has 1 aliphatic rings. The van der Waals surface area contributed by atoms with Gasteiger partial charge in [0.1, 0.15) is 23.5 Å². The molecule has 1 saturated heterocycles. The lowest BCUT2D eigenvalue weighted by Crippen LogP contribution is -2.51. The summed E-state index contributed by atoms with van der Waals surface area (Å²) in [6.45, 7) is 4.45. The van der Waals surface area contributed by atoms with Crippen LogP contribution in [0.1, 0.15) is 36.7 Å². The summed E-state index contributed by atoms with van der Waals surface area (Å²) in [5, 5.41) is 2.90. The molecule has 2 N–H and O–H groups in total. The van der Waals surface area contributed by atoms with E-state index in [1.54, 1.807) is 6.20 Å². The molecular formula is C17H23N3O4S. The van der Waals surface area contributed by atoms with Gasteiger partial charge in [0.25, 0.3) is 0 Å². The van der Waals surface area contributed by atoms with Gasteiger partial charge in [-0.3, -0.25) is 0 Å². The average molecular weight is 365 g/mol. The van der Waals surface area contributed by atoms with Crippen molar-refractivity contribution in [3.8, 4) is 5.75 Å². The number of aryl methyl sites for hydroxylation is 1. The van der Waals surface area contributed by atoms with Crippen molar-refractivity contribution in [3.63, 3.8) is 0 Å². The fraction of sp³-hybridized carbons (Fsp3) is 0.471. The molecule has 7 nitrogen and oxygen atoms in total. The van der Waals surface area contributed by atoms with Crippen molar-refractivity contribution >= 4 is 10.0 Å². The van der Waals surface area contributed by atoms with Crippen LogP contribution >= 0.6 is 0 Å². The summed E-state index contributed by atoms with van der Waals surface area (Å²) in [6.07, 6.45) is 2.92. The monoisotopic (exact) mass is 365 g/mol. The third kappa shape index (κ3) is 3.86. The van der Waals surface area contributed by atoms with E-state index in [4.69, 9.17) is 15.0 Å². The molecule has 0 saturated carbocycles. The van der Waals surface area contributed by atoms with Gasteiger partial charge in [-0.25, -0.2) is 8.42 Å². The minimum atomic E-state index is -3.44. The van der Waals surface area contributed by atoms with Crippen LogP contribution in [0.5, 0.6) is 5.75 Å². The van der Waals surface area contributed by atoms with Crippen LogP contribution in [0.25, 0.3) is 0 Å². The van der Waals surface area contributed by atoms with Gasteiger partial charge in [0.05, 0.1) is 11.8 Å². The summed E-state index contributed by atoms with van der Waals surface area (Å²) >= 11 is 0. The van der Waals surface area contributed by atoms with Crippen molar-refractivity contribution in [1.82, 2.24) is 9.46 Å². The Bertz CT molecular complexity index is 817. The predicted molar refractivity (Wildman–Crippen MR) is 93.1 cm³/mol. The Hall–Kier alpha value is -1.90. The fourth-order valence-corrected chi connectivity index (χ4v) is 4.58. The molecule has 0 amide bonds. The number of hydrogen-bond acceptors (Lipinski definition) is 6. The van der Waals surface area contributed by atoms with Crippen LogP contribution in [0.4, 0.5) is 0 Å². The van der Waals surface area contributed by atoms with Crippen LogP contribution < -0.4 is 10.5 Å². The number of nitrogens with zero attached hydrogens (tertiary/aromatic N) is 2. The number of hydrogen-bond donors (Lipinski definition) is 1. The molecular weight excluding hydrogens is 342 g/mol. The third-order valence-electron chi connectivity index (χ3n) is 4.58. The minimum Gasteiger partial charge on any atom is -0.489 e. The smallest absolute Gasteiger partial charge is 0.230 e. The van der Waals surface area contributed by atoms with Crippen LogP contribution in [0.15, 0.2) is 35.0 Å². The van der Waals surface area contributed by atoms with Crippen LogP contribution in [-0.2, 0) is 23.2 Å². The van der Waals surface area contributed by atoms with Crippen LogP contribution in [0.2, 0.25) is 0 Å². The van der Waals surface area contributed by atoms with E-state index in [0.717, 1.165) is 23.3 Å². The maximum Gasteiger partial charge on any atom is 0.230 e. The highest BCUT2D eigenvalue weighted by Crippen LogP contribution is 2.26. The Morgan fingerprint density at radius 3 is 2.68 bits per heavy atom. The highest BCUT2D eigenvalue weighted by molar-refractivity contribution is 7.89. The van der Waals surface area contributed by atoms with Crippen molar-refractivity contribution < 1.29 is 17.7 Å². The predicted octanol–water partition coefficient (Wildman–Crippen LogP) is 2.16. The first-order chi connectivity index (χ1) is 11.9. The van der Waals surface area contributed by atoms with E-state index in [9.17, 15) is 8.42 Å². The molecule has 1 unspecified atom stereocenters. The lowest BCUT2D eigenvalue weighted by Gasteiger charge is -2.35. The molecule has 1 aliphatic heterocycles. The Balaban J connectivity index is 1.65. The highest BCUT2D eigenvalue weighted by atomic mass is 32.2. The first kappa shape index (κ1) is 17.9. The Labute approximate surface area is 147 Å². The zero-order valence-electron chi connectivity index (χ0n) is 14.4. The molecule has 2 aromatic rings. The average Bonchev–Trinajstić information content (AvgIpc) is 3.00. The second-order valence-electron chi connectivity index (χ2n) is 6.39. The molecule has 1 fully saturated rings. The van der Waals surface area contributed by atoms with Crippen molar-refractivity contribution in [2.24, 2.45) is 5.73 Å². The minimum absolute atomic E-state index is 0.0442. The van der Waals surface area contributed by atoms with Gasteiger partial charge in [0.2, 0.25) is 10.0 Å². The van der Waals surface area contributed by atoms with Crippen LogP contribution in [-0.4, -0.2) is 29.3 Å². The highest BCUT2D eigenvalue weighted by Gasteiger charge is 2.37. The molecule has 1 aromatic heterocycles. The Morgan fingerprint density at radius 2 is 2.04 bits per heavy atom. The lowest BCUT2D eigenvalue weighted by atomic mass is 10.1. The van der Waals surface area contributed by atoms with Gasteiger partial charge in [0, 0.05) is 12.6 Å². The van der Waals surface area contributed by atoms with E-state index in [0.29, 0.717) is 25.3 Å². The van der Waals surface area contributed by atoms with Crippen LogP contribution in [0.3, 0.4) is 0 Å². The maximum atomic E-state index is 12.4. The Kier molecular flexibility index (Phi) is 5.12. The summed E-state index contributed by atoms with van der Waals surface area (Å²) in [7, 11) is -3.44. The first-order valence-electron chi connectivity index (χ1n) is 8.26. The molecule has 1 aromatic carbocycles. The van der Waals surface area contributed by atoms with Gasteiger partial charge in [-0.1, -0.05) is 17.3 Å². The fourth-order valence-electron chi connectivity index (χ4n) is 2.86. The maximum absolute atomic E-state index is 12.4. The van der Waals surface area contributed by atoms with Crippen LogP contribution in [0, 0.1) is 6.92 Å². The molecule has 0 spiro atoms. The lowest BCUT2D eigenvalue weighted by molar-refractivity contribution is 0.281. The zero-order chi connectivity index (χ0) is 18.0.